The molecule has 0 aromatic carbocycles. The van der Waals surface area contributed by atoms with Gasteiger partial charge >= 0.3 is 0 Å². The Morgan fingerprint density at radius 1 is 1.24 bits per heavy atom. The van der Waals surface area contributed by atoms with Crippen LogP contribution in [-0.4, -0.2) is 37.7 Å². The Kier molecular flexibility index (Phi) is 5.26. The summed E-state index contributed by atoms with van der Waals surface area (Å²) < 4.78 is 5.53. The number of ether oxygens (including phenoxy) is 1. The van der Waals surface area contributed by atoms with Crippen molar-refractivity contribution in [3.8, 4) is 0 Å². The molecule has 0 saturated carbocycles. The van der Waals surface area contributed by atoms with E-state index in [9.17, 15) is 4.79 Å². The van der Waals surface area contributed by atoms with Crippen LogP contribution in [0.25, 0.3) is 0 Å². The predicted octanol–water partition coefficient (Wildman–Crippen LogP) is 1.20. The smallest absolute Gasteiger partial charge is 0.237 e. The first-order valence-corrected chi connectivity index (χ1v) is 6.99. The van der Waals surface area contributed by atoms with Gasteiger partial charge in [-0.15, -0.1) is 0 Å². The maximum absolute atomic E-state index is 11.9. The van der Waals surface area contributed by atoms with Gasteiger partial charge in [0.25, 0.3) is 0 Å². The summed E-state index contributed by atoms with van der Waals surface area (Å²) in [7, 11) is 0. The highest BCUT2D eigenvalue weighted by molar-refractivity contribution is 5.81. The zero-order valence-corrected chi connectivity index (χ0v) is 10.5. The van der Waals surface area contributed by atoms with E-state index in [0.29, 0.717) is 6.10 Å². The van der Waals surface area contributed by atoms with Crippen LogP contribution < -0.4 is 10.6 Å². The van der Waals surface area contributed by atoms with Crippen LogP contribution in [0.4, 0.5) is 0 Å². The van der Waals surface area contributed by atoms with Crippen LogP contribution in [0.3, 0.4) is 0 Å². The van der Waals surface area contributed by atoms with E-state index >= 15 is 0 Å². The number of carbonyl (C=O) groups is 1. The fourth-order valence-electron chi connectivity index (χ4n) is 2.60. The molecule has 2 aliphatic rings. The van der Waals surface area contributed by atoms with Crippen molar-refractivity contribution in [2.24, 2.45) is 0 Å². The van der Waals surface area contributed by atoms with Gasteiger partial charge in [0.1, 0.15) is 0 Å². The summed E-state index contributed by atoms with van der Waals surface area (Å²) in [5.41, 5.74) is 0. The van der Waals surface area contributed by atoms with E-state index < -0.39 is 0 Å². The second-order valence-corrected chi connectivity index (χ2v) is 5.07. The van der Waals surface area contributed by atoms with Crippen LogP contribution in [0, 0.1) is 0 Å². The van der Waals surface area contributed by atoms with Crippen molar-refractivity contribution in [3.63, 3.8) is 0 Å². The van der Waals surface area contributed by atoms with E-state index in [1.54, 1.807) is 0 Å². The second kappa shape index (κ2) is 6.97. The Morgan fingerprint density at radius 3 is 3.00 bits per heavy atom. The van der Waals surface area contributed by atoms with Gasteiger partial charge in [0.15, 0.2) is 0 Å². The fourth-order valence-corrected chi connectivity index (χ4v) is 2.60. The van der Waals surface area contributed by atoms with E-state index in [-0.39, 0.29) is 11.9 Å². The molecule has 17 heavy (non-hydrogen) atoms. The lowest BCUT2D eigenvalue weighted by atomic mass is 10.1. The molecule has 0 aromatic rings. The molecule has 1 amide bonds. The Bertz CT molecular complexity index is 232. The van der Waals surface area contributed by atoms with Crippen LogP contribution in [0.5, 0.6) is 0 Å². The summed E-state index contributed by atoms with van der Waals surface area (Å²) in [4.78, 5) is 11.9. The maximum Gasteiger partial charge on any atom is 0.237 e. The largest absolute Gasteiger partial charge is 0.378 e. The predicted molar refractivity (Wildman–Crippen MR) is 66.9 cm³/mol. The van der Waals surface area contributed by atoms with Crippen molar-refractivity contribution in [3.05, 3.63) is 0 Å². The highest BCUT2D eigenvalue weighted by Gasteiger charge is 2.20. The molecule has 2 atom stereocenters. The Labute approximate surface area is 103 Å². The summed E-state index contributed by atoms with van der Waals surface area (Å²) in [6.07, 6.45) is 8.23. The highest BCUT2D eigenvalue weighted by atomic mass is 16.5. The standard InChI is InChI=1S/C13H24N2O2/c16-13(12-6-2-1-3-8-14-12)15-9-7-11-5-4-10-17-11/h11-12,14H,1-10H2,(H,15,16). The molecule has 0 aromatic heterocycles. The first kappa shape index (κ1) is 12.8. The van der Waals surface area contributed by atoms with Gasteiger partial charge in [0.2, 0.25) is 5.91 Å². The number of nitrogens with one attached hydrogen (secondary N) is 2. The number of hydrogen-bond donors (Lipinski definition) is 2. The average Bonchev–Trinajstić information content (AvgIpc) is 2.69. The molecule has 2 saturated heterocycles. The third kappa shape index (κ3) is 4.28. The number of hydrogen-bond acceptors (Lipinski definition) is 3. The molecule has 4 nitrogen and oxygen atoms in total. The zero-order valence-electron chi connectivity index (χ0n) is 10.5. The van der Waals surface area contributed by atoms with Crippen LogP contribution in [-0.2, 0) is 9.53 Å². The molecular formula is C13H24N2O2. The first-order chi connectivity index (χ1) is 8.36. The number of rotatable bonds is 4. The van der Waals surface area contributed by atoms with Crippen LogP contribution >= 0.6 is 0 Å². The fraction of sp³-hybridized carbons (Fsp3) is 0.923. The van der Waals surface area contributed by atoms with Crippen LogP contribution in [0.15, 0.2) is 0 Å². The van der Waals surface area contributed by atoms with Gasteiger partial charge in [-0.1, -0.05) is 12.8 Å². The van der Waals surface area contributed by atoms with Crippen LogP contribution in [0.1, 0.15) is 44.9 Å². The third-order valence-electron chi connectivity index (χ3n) is 3.67. The molecule has 2 N–H and O–H groups in total. The lowest BCUT2D eigenvalue weighted by Gasteiger charge is -2.16. The lowest BCUT2D eigenvalue weighted by molar-refractivity contribution is -0.123. The Balaban J connectivity index is 1.61. The van der Waals surface area contributed by atoms with E-state index in [2.05, 4.69) is 10.6 Å². The van der Waals surface area contributed by atoms with Crippen molar-refractivity contribution >= 4 is 5.91 Å². The summed E-state index contributed by atoms with van der Waals surface area (Å²) in [6, 6.07) is 0.0296. The minimum Gasteiger partial charge on any atom is -0.378 e. The van der Waals surface area contributed by atoms with Gasteiger partial charge in [-0.25, -0.2) is 0 Å². The zero-order chi connectivity index (χ0) is 11.9. The van der Waals surface area contributed by atoms with Gasteiger partial charge in [0.05, 0.1) is 12.1 Å². The summed E-state index contributed by atoms with van der Waals surface area (Å²) >= 11 is 0. The molecule has 2 rings (SSSR count). The molecule has 2 unspecified atom stereocenters. The summed E-state index contributed by atoms with van der Waals surface area (Å²) in [6.45, 7) is 2.62. The van der Waals surface area contributed by atoms with Gasteiger partial charge in [-0.3, -0.25) is 4.79 Å². The monoisotopic (exact) mass is 240 g/mol. The van der Waals surface area contributed by atoms with Crippen molar-refractivity contribution in [2.75, 3.05) is 19.7 Å². The highest BCUT2D eigenvalue weighted by Crippen LogP contribution is 2.14. The van der Waals surface area contributed by atoms with Crippen molar-refractivity contribution in [1.82, 2.24) is 10.6 Å². The molecular weight excluding hydrogens is 216 g/mol. The molecule has 0 aliphatic carbocycles. The van der Waals surface area contributed by atoms with Gasteiger partial charge in [0, 0.05) is 13.2 Å². The quantitative estimate of drug-likeness (QED) is 0.776. The minimum atomic E-state index is 0.0296. The normalized spacial score (nSPS) is 29.9. The third-order valence-corrected chi connectivity index (χ3v) is 3.67. The van der Waals surface area contributed by atoms with E-state index in [0.717, 1.165) is 45.4 Å². The van der Waals surface area contributed by atoms with Crippen molar-refractivity contribution in [1.29, 1.82) is 0 Å². The lowest BCUT2D eigenvalue weighted by Crippen LogP contribution is -2.44. The first-order valence-electron chi connectivity index (χ1n) is 6.99. The van der Waals surface area contributed by atoms with Crippen molar-refractivity contribution in [2.45, 2.75) is 57.1 Å². The van der Waals surface area contributed by atoms with E-state index in [1.807, 2.05) is 0 Å². The SMILES string of the molecule is O=C(NCCC1CCCO1)C1CCCCCN1. The van der Waals surface area contributed by atoms with E-state index in [4.69, 9.17) is 4.74 Å². The Morgan fingerprint density at radius 2 is 2.18 bits per heavy atom. The molecule has 2 heterocycles. The van der Waals surface area contributed by atoms with Crippen molar-refractivity contribution < 1.29 is 9.53 Å². The van der Waals surface area contributed by atoms with Gasteiger partial charge in [-0.05, 0) is 38.6 Å². The summed E-state index contributed by atoms with van der Waals surface area (Å²) in [5, 5.41) is 6.34. The van der Waals surface area contributed by atoms with Crippen LogP contribution in [0.2, 0.25) is 0 Å². The molecule has 0 spiro atoms. The molecule has 2 fully saturated rings. The maximum atomic E-state index is 11.9. The molecule has 0 radical (unpaired) electrons. The molecule has 98 valence electrons. The molecule has 2 aliphatic heterocycles. The minimum absolute atomic E-state index is 0.0296. The number of carbonyl (C=O) groups excluding carboxylic acids is 1. The molecule has 0 bridgehead atoms. The van der Waals surface area contributed by atoms with Gasteiger partial charge in [-0.2, -0.15) is 0 Å². The Hall–Kier alpha value is -0.610. The topological polar surface area (TPSA) is 50.4 Å². The molecule has 4 heteroatoms. The van der Waals surface area contributed by atoms with Gasteiger partial charge < -0.3 is 15.4 Å². The van der Waals surface area contributed by atoms with E-state index in [1.165, 1.54) is 19.3 Å². The number of amides is 1. The summed E-state index contributed by atoms with van der Waals surface area (Å²) in [5.74, 6) is 0.171. The average molecular weight is 240 g/mol. The second-order valence-electron chi connectivity index (χ2n) is 5.07.